The molecule has 0 N–H and O–H groups in total. The smallest absolute Gasteiger partial charge is 0.252 e. The maximum Gasteiger partial charge on any atom is 0.252 e. The van der Waals surface area contributed by atoms with Crippen LogP contribution in [0.3, 0.4) is 0 Å². The first-order valence-electron chi connectivity index (χ1n) is 27.9. The Bertz CT molecular complexity index is 3630. The molecule has 0 saturated heterocycles. The molecule has 5 aliphatic rings. The number of benzene rings is 7. The molecule has 1 fully saturated rings. The summed E-state index contributed by atoms with van der Waals surface area (Å²) in [6.45, 7) is 28.7. The predicted octanol–water partition coefficient (Wildman–Crippen LogP) is 16.6. The summed E-state index contributed by atoms with van der Waals surface area (Å²) >= 11 is 0. The van der Waals surface area contributed by atoms with E-state index in [1.807, 2.05) is 12.4 Å². The molecule has 13 rings (SSSR count). The fourth-order valence-corrected chi connectivity index (χ4v) is 14.6. The summed E-state index contributed by atoms with van der Waals surface area (Å²) in [5.74, 6) is 0. The third-order valence-corrected chi connectivity index (χ3v) is 18.7. The fourth-order valence-electron chi connectivity index (χ4n) is 14.6. The zero-order valence-electron chi connectivity index (χ0n) is 46.5. The number of hydrogen-bond donors (Lipinski definition) is 0. The molecule has 2 unspecified atom stereocenters. The monoisotopic (exact) mass is 981 g/mol. The van der Waals surface area contributed by atoms with Crippen molar-refractivity contribution in [2.45, 2.75) is 143 Å². The molecule has 4 nitrogen and oxygen atoms in total. The van der Waals surface area contributed by atoms with Gasteiger partial charge in [0.15, 0.2) is 0 Å². The molecular formula is C70H73BN4. The second-order valence-corrected chi connectivity index (χ2v) is 26.5. The third kappa shape index (κ3) is 7.33. The Hall–Kier alpha value is -6.85. The molecule has 3 aliphatic heterocycles. The average Bonchev–Trinajstić information content (AvgIpc) is 3.81. The normalized spacial score (nSPS) is 20.1. The van der Waals surface area contributed by atoms with E-state index in [4.69, 9.17) is 0 Å². The number of fused-ring (bicyclic) bond motifs is 8. The largest absolute Gasteiger partial charge is 0.334 e. The highest BCUT2D eigenvalue weighted by molar-refractivity contribution is 7.00. The Kier molecular flexibility index (Phi) is 10.6. The van der Waals surface area contributed by atoms with E-state index in [0.717, 1.165) is 19.3 Å². The van der Waals surface area contributed by atoms with Crippen LogP contribution in [-0.2, 0) is 29.1 Å². The Morgan fingerprint density at radius 1 is 0.507 bits per heavy atom. The van der Waals surface area contributed by atoms with E-state index in [9.17, 15) is 0 Å². The van der Waals surface area contributed by atoms with Gasteiger partial charge in [-0.15, -0.1) is 0 Å². The number of rotatable bonds is 5. The second-order valence-electron chi connectivity index (χ2n) is 26.5. The van der Waals surface area contributed by atoms with Crippen molar-refractivity contribution in [2.75, 3.05) is 14.7 Å². The standard InChI is InChI=1S/C70H73BN4/c1-44-34-63-65-64(35-44)74(59-27-22-52(67(6,7)8)40-54(59)47-18-14-13-15-19-47)61-39-50-43-68(9,10)42-49(50)38-57(61)71(65)56-24-23-53(41-62(56)73(63)58-26-21-51(36-45(58)2)66(3,4)5)75-60-25-20-48(46-28-32-72-33-29-46)37-55(60)69(11)30-16-17-31-70(69,75)12/h13-15,18-29,32-41H,16-17,30-31,42-43H2,1-12H3. The van der Waals surface area contributed by atoms with Crippen LogP contribution in [0.2, 0.25) is 0 Å². The van der Waals surface area contributed by atoms with Gasteiger partial charge in [0.25, 0.3) is 6.71 Å². The lowest BCUT2D eigenvalue weighted by atomic mass is 9.33. The van der Waals surface area contributed by atoms with Crippen LogP contribution in [0, 0.1) is 19.3 Å². The lowest BCUT2D eigenvalue weighted by Crippen LogP contribution is -2.61. The van der Waals surface area contributed by atoms with Crippen molar-refractivity contribution in [1.82, 2.24) is 4.98 Å². The van der Waals surface area contributed by atoms with Crippen LogP contribution < -0.4 is 31.1 Å². The molecule has 5 heteroatoms. The average molecular weight is 981 g/mol. The Morgan fingerprint density at radius 3 is 1.83 bits per heavy atom. The van der Waals surface area contributed by atoms with Crippen molar-refractivity contribution in [2.24, 2.45) is 5.41 Å². The maximum atomic E-state index is 4.37. The highest BCUT2D eigenvalue weighted by atomic mass is 15.3. The van der Waals surface area contributed by atoms with Gasteiger partial charge in [-0.25, -0.2) is 0 Å². The SMILES string of the molecule is Cc1cc2c3c(c1)N(c1ccc(C(C)(C)C)cc1-c1ccccc1)c1cc4c(cc1B3c1ccc(N3c5ccc(-c6ccncc6)cc5C5(C)CCCCC35C)cc1N2c1ccc(C(C)(C)C)cc1C)CC(C)(C)C4. The highest BCUT2D eigenvalue weighted by Gasteiger charge is 2.58. The lowest BCUT2D eigenvalue weighted by molar-refractivity contribution is 0.195. The number of aromatic nitrogens is 1. The molecule has 0 amide bonds. The maximum absolute atomic E-state index is 4.37. The van der Waals surface area contributed by atoms with Gasteiger partial charge in [-0.2, -0.15) is 0 Å². The fraction of sp³-hybridized carbons (Fsp3) is 0.329. The molecule has 75 heavy (non-hydrogen) atoms. The first-order chi connectivity index (χ1) is 35.7. The van der Waals surface area contributed by atoms with E-state index >= 15 is 0 Å². The van der Waals surface area contributed by atoms with Gasteiger partial charge in [0.1, 0.15) is 0 Å². The molecule has 2 aliphatic carbocycles. The number of nitrogens with zero attached hydrogens (tertiary/aromatic N) is 4. The van der Waals surface area contributed by atoms with E-state index in [1.54, 1.807) is 0 Å². The molecule has 376 valence electrons. The summed E-state index contributed by atoms with van der Waals surface area (Å²) in [6, 6.07) is 55.2. The minimum absolute atomic E-state index is 0.0154. The first-order valence-corrected chi connectivity index (χ1v) is 27.9. The van der Waals surface area contributed by atoms with Gasteiger partial charge in [-0.05, 0) is 208 Å². The van der Waals surface area contributed by atoms with E-state index < -0.39 is 0 Å². The summed E-state index contributed by atoms with van der Waals surface area (Å²) in [6.07, 6.45) is 10.8. The number of pyridine rings is 1. The van der Waals surface area contributed by atoms with Crippen LogP contribution in [0.5, 0.6) is 0 Å². The van der Waals surface area contributed by atoms with Crippen molar-refractivity contribution in [3.63, 3.8) is 0 Å². The summed E-state index contributed by atoms with van der Waals surface area (Å²) in [5, 5.41) is 0. The van der Waals surface area contributed by atoms with Gasteiger partial charge in [0.2, 0.25) is 0 Å². The quantitative estimate of drug-likeness (QED) is 0.160. The van der Waals surface area contributed by atoms with Crippen LogP contribution in [0.1, 0.15) is 134 Å². The van der Waals surface area contributed by atoms with Crippen LogP contribution in [0.15, 0.2) is 152 Å². The Balaban J connectivity index is 1.09. The molecule has 2 atom stereocenters. The van der Waals surface area contributed by atoms with Crippen LogP contribution in [0.25, 0.3) is 22.3 Å². The number of hydrogen-bond acceptors (Lipinski definition) is 4. The Labute approximate surface area is 448 Å². The van der Waals surface area contributed by atoms with Crippen molar-refractivity contribution < 1.29 is 0 Å². The predicted molar refractivity (Wildman–Crippen MR) is 320 cm³/mol. The molecule has 0 bridgehead atoms. The molecule has 8 aromatic rings. The van der Waals surface area contributed by atoms with Crippen LogP contribution >= 0.6 is 0 Å². The zero-order valence-corrected chi connectivity index (χ0v) is 46.5. The summed E-state index contributed by atoms with van der Waals surface area (Å²) in [4.78, 5) is 12.5. The Morgan fingerprint density at radius 2 is 1.13 bits per heavy atom. The lowest BCUT2D eigenvalue weighted by Gasteiger charge is -2.50. The molecule has 0 radical (unpaired) electrons. The van der Waals surface area contributed by atoms with Crippen molar-refractivity contribution in [1.29, 1.82) is 0 Å². The van der Waals surface area contributed by atoms with E-state index in [2.05, 4.69) is 242 Å². The number of anilines is 8. The van der Waals surface area contributed by atoms with Gasteiger partial charge in [0.05, 0.1) is 11.2 Å². The van der Waals surface area contributed by atoms with Gasteiger partial charge in [-0.1, -0.05) is 142 Å². The van der Waals surface area contributed by atoms with E-state index in [0.29, 0.717) is 0 Å². The molecule has 0 spiro atoms. The summed E-state index contributed by atoms with van der Waals surface area (Å²) < 4.78 is 0. The van der Waals surface area contributed by atoms with Crippen LogP contribution in [-0.4, -0.2) is 17.2 Å². The summed E-state index contributed by atoms with van der Waals surface area (Å²) in [7, 11) is 0. The molecule has 1 saturated carbocycles. The van der Waals surface area contributed by atoms with Gasteiger partial charge in [0, 0.05) is 63.2 Å². The van der Waals surface area contributed by atoms with E-state index in [-0.39, 0.29) is 33.9 Å². The van der Waals surface area contributed by atoms with Gasteiger partial charge < -0.3 is 14.7 Å². The minimum Gasteiger partial charge on any atom is -0.334 e. The van der Waals surface area contributed by atoms with Crippen molar-refractivity contribution >= 4 is 68.6 Å². The second kappa shape index (κ2) is 16.6. The topological polar surface area (TPSA) is 22.6 Å². The molecule has 4 heterocycles. The highest BCUT2D eigenvalue weighted by Crippen LogP contribution is 2.62. The van der Waals surface area contributed by atoms with E-state index in [1.165, 1.54) is 142 Å². The first kappa shape index (κ1) is 47.8. The summed E-state index contributed by atoms with van der Waals surface area (Å²) in [5.41, 5.74) is 29.1. The molecule has 1 aromatic heterocycles. The molecular weight excluding hydrogens is 908 g/mol. The zero-order chi connectivity index (χ0) is 52.1. The molecule has 7 aromatic carbocycles. The van der Waals surface area contributed by atoms with Crippen LogP contribution in [0.4, 0.5) is 45.5 Å². The van der Waals surface area contributed by atoms with Crippen molar-refractivity contribution in [3.05, 3.63) is 191 Å². The minimum atomic E-state index is -0.117. The van der Waals surface area contributed by atoms with Gasteiger partial charge >= 0.3 is 0 Å². The third-order valence-electron chi connectivity index (χ3n) is 18.7. The number of aryl methyl sites for hydroxylation is 2. The van der Waals surface area contributed by atoms with Crippen molar-refractivity contribution in [3.8, 4) is 22.3 Å². The van der Waals surface area contributed by atoms with Gasteiger partial charge in [-0.3, -0.25) is 4.98 Å².